The molecular formula is C18H21ClN2O3. The van der Waals surface area contributed by atoms with Gasteiger partial charge in [-0.2, -0.15) is 0 Å². The van der Waals surface area contributed by atoms with E-state index in [0.29, 0.717) is 28.8 Å². The first-order valence-electron chi connectivity index (χ1n) is 8.17. The highest BCUT2D eigenvalue weighted by atomic mass is 35.5. The molecule has 0 unspecified atom stereocenters. The van der Waals surface area contributed by atoms with Crippen LogP contribution in [0.25, 0.3) is 11.3 Å². The normalized spacial score (nSPS) is 15.5. The molecule has 3 N–H and O–H groups in total. The first kappa shape index (κ1) is 17.0. The lowest BCUT2D eigenvalue weighted by Gasteiger charge is -2.22. The molecule has 6 heteroatoms. The van der Waals surface area contributed by atoms with Crippen molar-refractivity contribution in [3.63, 3.8) is 0 Å². The Kier molecular flexibility index (Phi) is 5.56. The molecule has 1 aliphatic heterocycles. The van der Waals surface area contributed by atoms with Crippen LogP contribution in [0.3, 0.4) is 0 Å². The van der Waals surface area contributed by atoms with Gasteiger partial charge in [-0.1, -0.05) is 11.6 Å². The molecule has 24 heavy (non-hydrogen) atoms. The summed E-state index contributed by atoms with van der Waals surface area (Å²) < 4.78 is 5.82. The van der Waals surface area contributed by atoms with Crippen molar-refractivity contribution in [3.8, 4) is 11.3 Å². The van der Waals surface area contributed by atoms with E-state index in [1.807, 2.05) is 12.1 Å². The van der Waals surface area contributed by atoms with Crippen LogP contribution >= 0.6 is 11.6 Å². The second-order valence-electron chi connectivity index (χ2n) is 6.09. The number of nitrogens with one attached hydrogen (secondary N) is 2. The summed E-state index contributed by atoms with van der Waals surface area (Å²) in [6.45, 7) is 3.82. The molecule has 2 heterocycles. The number of carboxylic acids is 1. The fourth-order valence-corrected chi connectivity index (χ4v) is 3.16. The zero-order valence-corrected chi connectivity index (χ0v) is 14.1. The van der Waals surface area contributed by atoms with Crippen molar-refractivity contribution in [2.45, 2.75) is 19.4 Å². The summed E-state index contributed by atoms with van der Waals surface area (Å²) in [6, 6.07) is 8.33. The predicted molar refractivity (Wildman–Crippen MR) is 93.4 cm³/mol. The Labute approximate surface area is 146 Å². The van der Waals surface area contributed by atoms with Crippen LogP contribution in [0.4, 0.5) is 0 Å². The maximum atomic E-state index is 11.1. The van der Waals surface area contributed by atoms with E-state index in [1.165, 1.54) is 25.0 Å². The van der Waals surface area contributed by atoms with Gasteiger partial charge in [0.1, 0.15) is 11.5 Å². The largest absolute Gasteiger partial charge is 0.478 e. The van der Waals surface area contributed by atoms with Gasteiger partial charge in [0.2, 0.25) is 0 Å². The van der Waals surface area contributed by atoms with Gasteiger partial charge in [-0.3, -0.25) is 0 Å². The number of piperidine rings is 1. The molecule has 128 valence electrons. The Morgan fingerprint density at radius 3 is 2.83 bits per heavy atom. The van der Waals surface area contributed by atoms with Crippen molar-refractivity contribution in [2.24, 2.45) is 5.92 Å². The van der Waals surface area contributed by atoms with Gasteiger partial charge in [-0.05, 0) is 68.7 Å². The van der Waals surface area contributed by atoms with E-state index in [4.69, 9.17) is 21.1 Å². The summed E-state index contributed by atoms with van der Waals surface area (Å²) in [4.78, 5) is 11.1. The number of hydrogen-bond donors (Lipinski definition) is 3. The Morgan fingerprint density at radius 1 is 1.29 bits per heavy atom. The summed E-state index contributed by atoms with van der Waals surface area (Å²) in [5.41, 5.74) is 0.789. The van der Waals surface area contributed by atoms with Crippen LogP contribution in [0.1, 0.15) is 29.0 Å². The highest BCUT2D eigenvalue weighted by molar-refractivity contribution is 6.33. The van der Waals surface area contributed by atoms with Crippen molar-refractivity contribution >= 4 is 17.6 Å². The van der Waals surface area contributed by atoms with Crippen LogP contribution in [0.5, 0.6) is 0 Å². The molecule has 0 radical (unpaired) electrons. The number of rotatable bonds is 6. The van der Waals surface area contributed by atoms with Crippen molar-refractivity contribution < 1.29 is 14.3 Å². The lowest BCUT2D eigenvalue weighted by Crippen LogP contribution is -2.33. The number of hydrogen-bond acceptors (Lipinski definition) is 4. The molecule has 0 aliphatic carbocycles. The first-order chi connectivity index (χ1) is 11.6. The third-order valence-electron chi connectivity index (χ3n) is 4.33. The third-order valence-corrected chi connectivity index (χ3v) is 4.66. The minimum absolute atomic E-state index is 0.191. The maximum absolute atomic E-state index is 11.1. The van der Waals surface area contributed by atoms with Gasteiger partial charge in [0, 0.05) is 5.56 Å². The Balaban J connectivity index is 1.62. The number of benzene rings is 1. The summed E-state index contributed by atoms with van der Waals surface area (Å²) in [7, 11) is 0. The smallest absolute Gasteiger partial charge is 0.335 e. The quantitative estimate of drug-likeness (QED) is 0.746. The zero-order valence-electron chi connectivity index (χ0n) is 13.3. The molecule has 1 aromatic heterocycles. The van der Waals surface area contributed by atoms with Crippen molar-refractivity contribution in [1.29, 1.82) is 0 Å². The van der Waals surface area contributed by atoms with Crippen LogP contribution in [0.15, 0.2) is 34.7 Å². The van der Waals surface area contributed by atoms with Gasteiger partial charge in [0.05, 0.1) is 17.1 Å². The molecule has 0 spiro atoms. The molecule has 3 rings (SSSR count). The van der Waals surface area contributed by atoms with Gasteiger partial charge < -0.3 is 20.2 Å². The Morgan fingerprint density at radius 2 is 2.08 bits per heavy atom. The maximum Gasteiger partial charge on any atom is 0.335 e. The molecule has 2 aromatic rings. The molecule has 0 bridgehead atoms. The number of carboxylic acid groups (broad SMARTS) is 1. The number of aromatic carboxylic acids is 1. The van der Waals surface area contributed by atoms with Crippen LogP contribution in [-0.2, 0) is 6.54 Å². The van der Waals surface area contributed by atoms with Crippen molar-refractivity contribution in [1.82, 2.24) is 10.6 Å². The van der Waals surface area contributed by atoms with E-state index in [-0.39, 0.29) is 5.56 Å². The van der Waals surface area contributed by atoms with E-state index in [9.17, 15) is 4.79 Å². The highest BCUT2D eigenvalue weighted by Crippen LogP contribution is 2.30. The molecule has 1 fully saturated rings. The average Bonchev–Trinajstić information content (AvgIpc) is 3.04. The molecule has 1 aliphatic rings. The van der Waals surface area contributed by atoms with E-state index in [1.54, 1.807) is 6.07 Å². The fourth-order valence-electron chi connectivity index (χ4n) is 2.95. The summed E-state index contributed by atoms with van der Waals surface area (Å²) in [5, 5.41) is 16.4. The van der Waals surface area contributed by atoms with Crippen LogP contribution in [0, 0.1) is 5.92 Å². The van der Waals surface area contributed by atoms with E-state index in [2.05, 4.69) is 10.6 Å². The molecule has 0 atom stereocenters. The lowest BCUT2D eigenvalue weighted by molar-refractivity contribution is 0.0697. The van der Waals surface area contributed by atoms with Crippen molar-refractivity contribution in [2.75, 3.05) is 19.6 Å². The number of carbonyl (C=O) groups is 1. The SMILES string of the molecule is O=C(O)c1ccc(Cl)c(-c2ccc(CNCC3CCNCC3)o2)c1. The average molecular weight is 349 g/mol. The monoisotopic (exact) mass is 348 g/mol. The van der Waals surface area contributed by atoms with Gasteiger partial charge in [0.25, 0.3) is 0 Å². The van der Waals surface area contributed by atoms with Gasteiger partial charge in [-0.25, -0.2) is 4.79 Å². The summed E-state index contributed by atoms with van der Waals surface area (Å²) in [5.74, 6) is 1.13. The minimum atomic E-state index is -0.983. The second kappa shape index (κ2) is 7.83. The first-order valence-corrected chi connectivity index (χ1v) is 8.54. The molecule has 5 nitrogen and oxygen atoms in total. The van der Waals surface area contributed by atoms with E-state index in [0.717, 1.165) is 25.4 Å². The summed E-state index contributed by atoms with van der Waals surface area (Å²) in [6.07, 6.45) is 2.40. The topological polar surface area (TPSA) is 74.5 Å². The molecule has 0 amide bonds. The Hall–Kier alpha value is -1.82. The van der Waals surface area contributed by atoms with Gasteiger partial charge in [-0.15, -0.1) is 0 Å². The minimum Gasteiger partial charge on any atom is -0.478 e. The number of furan rings is 1. The molecule has 0 saturated carbocycles. The van der Waals surface area contributed by atoms with Gasteiger partial charge in [0.15, 0.2) is 0 Å². The van der Waals surface area contributed by atoms with Crippen LogP contribution in [0.2, 0.25) is 5.02 Å². The summed E-state index contributed by atoms with van der Waals surface area (Å²) >= 11 is 6.18. The number of halogens is 1. The molecule has 1 aromatic carbocycles. The van der Waals surface area contributed by atoms with Crippen molar-refractivity contribution in [3.05, 3.63) is 46.7 Å². The highest BCUT2D eigenvalue weighted by Gasteiger charge is 2.14. The molecular weight excluding hydrogens is 328 g/mol. The van der Waals surface area contributed by atoms with Crippen LogP contribution < -0.4 is 10.6 Å². The standard InChI is InChI=1S/C18H21ClN2O3/c19-16-3-1-13(18(22)23)9-15(16)17-4-2-14(24-17)11-21-10-12-5-7-20-8-6-12/h1-4,9,12,20-21H,5-8,10-11H2,(H,22,23). The third kappa shape index (κ3) is 4.17. The Bertz CT molecular complexity index is 708. The van der Waals surface area contributed by atoms with E-state index >= 15 is 0 Å². The zero-order chi connectivity index (χ0) is 16.9. The lowest BCUT2D eigenvalue weighted by atomic mass is 9.98. The fraction of sp³-hybridized carbons (Fsp3) is 0.389. The molecule has 1 saturated heterocycles. The second-order valence-corrected chi connectivity index (χ2v) is 6.50. The van der Waals surface area contributed by atoms with Crippen LogP contribution in [-0.4, -0.2) is 30.7 Å². The van der Waals surface area contributed by atoms with E-state index < -0.39 is 5.97 Å². The predicted octanol–water partition coefficient (Wildman–Crippen LogP) is 3.39. The van der Waals surface area contributed by atoms with Gasteiger partial charge >= 0.3 is 5.97 Å².